The van der Waals surface area contributed by atoms with Crippen molar-refractivity contribution in [2.75, 3.05) is 0 Å². The standard InChI is InChI=1S/C30H22Cl2N2O/c31-25-13-8-14-26(32)29(25)34-28-16-7-5-12-23(28)24(30(34)35)17-21-19-33(18-20-9-2-1-3-10-20)27-15-6-4-11-22(21)27/h1-16,19,35H,17-18H2. The van der Waals surface area contributed by atoms with Crippen LogP contribution in [0.25, 0.3) is 27.5 Å². The number of rotatable bonds is 5. The summed E-state index contributed by atoms with van der Waals surface area (Å²) in [6, 6.07) is 32.2. The molecule has 0 bridgehead atoms. The molecule has 2 heterocycles. The van der Waals surface area contributed by atoms with Crippen molar-refractivity contribution >= 4 is 45.0 Å². The molecule has 1 N–H and O–H groups in total. The SMILES string of the molecule is Oc1c(Cc2cn(Cc3ccccc3)c3ccccc23)c2ccccc2n1-c1c(Cl)cccc1Cl. The minimum atomic E-state index is 0.154. The smallest absolute Gasteiger partial charge is 0.200 e. The number of para-hydroxylation sites is 3. The summed E-state index contributed by atoms with van der Waals surface area (Å²) < 4.78 is 4.04. The van der Waals surface area contributed by atoms with Gasteiger partial charge in [0.25, 0.3) is 0 Å². The van der Waals surface area contributed by atoms with Gasteiger partial charge in [0.15, 0.2) is 5.88 Å². The molecule has 6 rings (SSSR count). The molecule has 3 nitrogen and oxygen atoms in total. The highest BCUT2D eigenvalue weighted by molar-refractivity contribution is 6.38. The van der Waals surface area contributed by atoms with Gasteiger partial charge in [0.1, 0.15) is 0 Å². The minimum absolute atomic E-state index is 0.154. The van der Waals surface area contributed by atoms with Gasteiger partial charge < -0.3 is 9.67 Å². The number of aromatic hydroxyl groups is 1. The van der Waals surface area contributed by atoms with Gasteiger partial charge in [-0.2, -0.15) is 0 Å². The Morgan fingerprint density at radius 1 is 0.657 bits per heavy atom. The number of halogens is 2. The van der Waals surface area contributed by atoms with E-state index >= 15 is 0 Å². The fraction of sp³-hybridized carbons (Fsp3) is 0.0667. The Kier molecular flexibility index (Phi) is 5.52. The third-order valence-electron chi connectivity index (χ3n) is 6.55. The molecule has 0 spiro atoms. The molecule has 5 heteroatoms. The van der Waals surface area contributed by atoms with E-state index in [0.717, 1.165) is 28.6 Å². The largest absolute Gasteiger partial charge is 0.494 e. The van der Waals surface area contributed by atoms with Crippen molar-refractivity contribution in [1.82, 2.24) is 9.13 Å². The summed E-state index contributed by atoms with van der Waals surface area (Å²) in [7, 11) is 0. The Balaban J connectivity index is 1.51. The Labute approximate surface area is 213 Å². The van der Waals surface area contributed by atoms with Gasteiger partial charge in [-0.25, -0.2) is 0 Å². The van der Waals surface area contributed by atoms with E-state index in [1.807, 2.05) is 30.3 Å². The number of fused-ring (bicyclic) bond motifs is 2. The van der Waals surface area contributed by atoms with Crippen LogP contribution in [0.1, 0.15) is 16.7 Å². The molecule has 6 aromatic rings. The van der Waals surface area contributed by atoms with E-state index in [1.54, 1.807) is 22.8 Å². The van der Waals surface area contributed by atoms with Crippen LogP contribution in [-0.2, 0) is 13.0 Å². The highest BCUT2D eigenvalue weighted by atomic mass is 35.5. The number of nitrogens with zero attached hydrogens (tertiary/aromatic N) is 2. The lowest BCUT2D eigenvalue weighted by Gasteiger charge is -2.11. The van der Waals surface area contributed by atoms with Crippen molar-refractivity contribution in [2.45, 2.75) is 13.0 Å². The summed E-state index contributed by atoms with van der Waals surface area (Å²) in [4.78, 5) is 0. The summed E-state index contributed by atoms with van der Waals surface area (Å²) in [6.07, 6.45) is 2.77. The number of benzene rings is 4. The number of hydrogen-bond acceptors (Lipinski definition) is 1. The Hall–Kier alpha value is -3.66. The third-order valence-corrected chi connectivity index (χ3v) is 7.16. The second kappa shape index (κ2) is 8.84. The second-order valence-corrected chi connectivity index (χ2v) is 9.50. The summed E-state index contributed by atoms with van der Waals surface area (Å²) in [5, 5.41) is 14.7. The lowest BCUT2D eigenvalue weighted by Crippen LogP contribution is -1.97. The van der Waals surface area contributed by atoms with E-state index in [4.69, 9.17) is 23.2 Å². The molecule has 4 aromatic carbocycles. The normalized spacial score (nSPS) is 11.5. The molecule has 0 amide bonds. The van der Waals surface area contributed by atoms with Crippen molar-refractivity contribution in [3.63, 3.8) is 0 Å². The van der Waals surface area contributed by atoms with Crippen molar-refractivity contribution in [2.24, 2.45) is 0 Å². The maximum absolute atomic E-state index is 11.5. The summed E-state index contributed by atoms with van der Waals surface area (Å²) in [5.41, 5.74) is 5.86. The fourth-order valence-electron chi connectivity index (χ4n) is 4.96. The Bertz CT molecular complexity index is 1660. The topological polar surface area (TPSA) is 30.1 Å². The van der Waals surface area contributed by atoms with Crippen LogP contribution < -0.4 is 0 Å². The zero-order chi connectivity index (χ0) is 23.9. The van der Waals surface area contributed by atoms with E-state index in [1.165, 1.54) is 16.5 Å². The van der Waals surface area contributed by atoms with Crippen molar-refractivity contribution in [3.05, 3.63) is 130 Å². The molecule has 0 saturated carbocycles. The molecule has 172 valence electrons. The molecule has 0 unspecified atom stereocenters. The minimum Gasteiger partial charge on any atom is -0.494 e. The first kappa shape index (κ1) is 21.8. The fourth-order valence-corrected chi connectivity index (χ4v) is 5.53. The average Bonchev–Trinajstić information content (AvgIpc) is 3.35. The van der Waals surface area contributed by atoms with Gasteiger partial charge in [-0.15, -0.1) is 0 Å². The second-order valence-electron chi connectivity index (χ2n) is 8.69. The molecule has 0 radical (unpaired) electrons. The highest BCUT2D eigenvalue weighted by Gasteiger charge is 2.22. The molecule has 0 saturated heterocycles. The van der Waals surface area contributed by atoms with Crippen molar-refractivity contribution < 1.29 is 5.11 Å². The van der Waals surface area contributed by atoms with Crippen LogP contribution in [0.3, 0.4) is 0 Å². The first-order chi connectivity index (χ1) is 17.1. The molecular formula is C30H22Cl2N2O. The van der Waals surface area contributed by atoms with E-state index in [2.05, 4.69) is 59.3 Å². The monoisotopic (exact) mass is 496 g/mol. The molecule has 0 aliphatic rings. The first-order valence-electron chi connectivity index (χ1n) is 11.5. The lowest BCUT2D eigenvalue weighted by molar-refractivity contribution is 0.440. The van der Waals surface area contributed by atoms with Gasteiger partial charge in [-0.3, -0.25) is 4.57 Å². The van der Waals surface area contributed by atoms with Crippen LogP contribution >= 0.6 is 23.2 Å². The van der Waals surface area contributed by atoms with Gasteiger partial charge >= 0.3 is 0 Å². The van der Waals surface area contributed by atoms with E-state index in [9.17, 15) is 5.11 Å². The third kappa shape index (κ3) is 3.78. The average molecular weight is 497 g/mol. The summed E-state index contributed by atoms with van der Waals surface area (Å²) in [5.74, 6) is 0.154. The molecule has 0 aliphatic carbocycles. The maximum Gasteiger partial charge on any atom is 0.200 e. The summed E-state index contributed by atoms with van der Waals surface area (Å²) in [6.45, 7) is 0.782. The quantitative estimate of drug-likeness (QED) is 0.255. The van der Waals surface area contributed by atoms with Gasteiger partial charge in [0.2, 0.25) is 0 Å². The Morgan fingerprint density at radius 3 is 2.03 bits per heavy atom. The van der Waals surface area contributed by atoms with Crippen LogP contribution in [-0.4, -0.2) is 14.2 Å². The zero-order valence-corrected chi connectivity index (χ0v) is 20.3. The van der Waals surface area contributed by atoms with Gasteiger partial charge in [0.05, 0.1) is 21.2 Å². The van der Waals surface area contributed by atoms with Crippen LogP contribution in [0.15, 0.2) is 103 Å². The van der Waals surface area contributed by atoms with Gasteiger partial charge in [-0.05, 0) is 35.4 Å². The first-order valence-corrected chi connectivity index (χ1v) is 12.2. The molecule has 0 atom stereocenters. The highest BCUT2D eigenvalue weighted by Crippen LogP contribution is 2.41. The van der Waals surface area contributed by atoms with Crippen molar-refractivity contribution in [1.29, 1.82) is 0 Å². The van der Waals surface area contributed by atoms with E-state index in [0.29, 0.717) is 22.2 Å². The summed E-state index contributed by atoms with van der Waals surface area (Å²) >= 11 is 13.1. The number of hydrogen-bond donors (Lipinski definition) is 1. The molecule has 2 aromatic heterocycles. The Morgan fingerprint density at radius 2 is 1.29 bits per heavy atom. The predicted molar refractivity (Wildman–Crippen MR) is 145 cm³/mol. The van der Waals surface area contributed by atoms with Crippen molar-refractivity contribution in [3.8, 4) is 11.6 Å². The van der Waals surface area contributed by atoms with E-state index in [-0.39, 0.29) is 5.88 Å². The predicted octanol–water partition coefficient (Wildman–Crippen LogP) is 8.24. The number of aromatic nitrogens is 2. The molecule has 0 aliphatic heterocycles. The van der Waals surface area contributed by atoms with Crippen LogP contribution in [0, 0.1) is 0 Å². The molecular weight excluding hydrogens is 475 g/mol. The maximum atomic E-state index is 11.5. The zero-order valence-electron chi connectivity index (χ0n) is 18.8. The molecule has 0 fully saturated rings. The van der Waals surface area contributed by atoms with Gasteiger partial charge in [-0.1, -0.05) is 96.0 Å². The lowest BCUT2D eigenvalue weighted by atomic mass is 10.0. The van der Waals surface area contributed by atoms with Crippen LogP contribution in [0.2, 0.25) is 10.0 Å². The van der Waals surface area contributed by atoms with Crippen LogP contribution in [0.5, 0.6) is 5.88 Å². The molecule has 35 heavy (non-hydrogen) atoms. The van der Waals surface area contributed by atoms with Crippen LogP contribution in [0.4, 0.5) is 0 Å². The van der Waals surface area contributed by atoms with Gasteiger partial charge in [0, 0.05) is 41.0 Å². The van der Waals surface area contributed by atoms with E-state index < -0.39 is 0 Å².